The van der Waals surface area contributed by atoms with Gasteiger partial charge in [-0.15, -0.1) is 0 Å². The number of nitrogens with one attached hydrogen (secondary N) is 1. The van der Waals surface area contributed by atoms with Gasteiger partial charge in [0.15, 0.2) is 0 Å². The van der Waals surface area contributed by atoms with E-state index in [-0.39, 0.29) is 12.1 Å². The second kappa shape index (κ2) is 4.81. The molecule has 1 aromatic rings. The average Bonchev–Trinajstić information content (AvgIpc) is 2.93. The Labute approximate surface area is 118 Å². The van der Waals surface area contributed by atoms with Crippen LogP contribution in [0.4, 0.5) is 17.1 Å². The fourth-order valence-corrected chi connectivity index (χ4v) is 3.47. The van der Waals surface area contributed by atoms with Crippen LogP contribution in [-0.4, -0.2) is 17.3 Å². The van der Waals surface area contributed by atoms with Crippen LogP contribution in [0.25, 0.3) is 0 Å². The molecule has 1 aliphatic heterocycles. The predicted octanol–water partition coefficient (Wildman–Crippen LogP) is 4.05. The van der Waals surface area contributed by atoms with Crippen molar-refractivity contribution in [3.8, 4) is 0 Å². The van der Waals surface area contributed by atoms with Crippen molar-refractivity contribution < 1.29 is 5.11 Å². The van der Waals surface area contributed by atoms with Gasteiger partial charge in [0.25, 0.3) is 0 Å². The second-order valence-electron chi connectivity index (χ2n) is 4.43. The summed E-state index contributed by atoms with van der Waals surface area (Å²) < 4.78 is 8.38. The minimum Gasteiger partial charge on any atom is -0.391 e. The van der Waals surface area contributed by atoms with Crippen LogP contribution in [0.3, 0.4) is 0 Å². The van der Waals surface area contributed by atoms with E-state index in [4.69, 9.17) is 23.2 Å². The Kier molecular flexibility index (Phi) is 3.32. The molecule has 18 heavy (non-hydrogen) atoms. The van der Waals surface area contributed by atoms with Gasteiger partial charge in [0.05, 0.1) is 39.2 Å². The van der Waals surface area contributed by atoms with Crippen LogP contribution in [0.15, 0.2) is 14.8 Å². The van der Waals surface area contributed by atoms with Gasteiger partial charge in [-0.2, -0.15) is 8.73 Å². The Morgan fingerprint density at radius 1 is 1.22 bits per heavy atom. The van der Waals surface area contributed by atoms with E-state index in [9.17, 15) is 5.11 Å². The van der Waals surface area contributed by atoms with Gasteiger partial charge in [0, 0.05) is 0 Å². The van der Waals surface area contributed by atoms with Crippen molar-refractivity contribution in [3.63, 3.8) is 0 Å². The van der Waals surface area contributed by atoms with Gasteiger partial charge < -0.3 is 10.4 Å². The van der Waals surface area contributed by atoms with Gasteiger partial charge >= 0.3 is 0 Å². The highest BCUT2D eigenvalue weighted by molar-refractivity contribution is 7.58. The SMILES string of the molecule is O[C@H]1CCC[C@@H]1Nc1c(Cl)cc(Cl)c2c1N=S=N2. The van der Waals surface area contributed by atoms with E-state index in [0.717, 1.165) is 36.3 Å². The zero-order valence-corrected chi connectivity index (χ0v) is 11.7. The van der Waals surface area contributed by atoms with Crippen molar-refractivity contribution in [1.82, 2.24) is 0 Å². The Hall–Kier alpha value is -0.620. The number of anilines is 1. The molecule has 2 aliphatic rings. The van der Waals surface area contributed by atoms with Crippen molar-refractivity contribution in [1.29, 1.82) is 0 Å². The lowest BCUT2D eigenvalue weighted by atomic mass is 10.1. The largest absolute Gasteiger partial charge is 0.391 e. The predicted molar refractivity (Wildman–Crippen MR) is 75.3 cm³/mol. The van der Waals surface area contributed by atoms with E-state index in [1.807, 2.05) is 0 Å². The van der Waals surface area contributed by atoms with Gasteiger partial charge in [0.2, 0.25) is 0 Å². The third-order valence-electron chi connectivity index (χ3n) is 3.25. The number of nitrogens with zero attached hydrogens (tertiary/aromatic N) is 2. The van der Waals surface area contributed by atoms with Gasteiger partial charge in [-0.05, 0) is 25.3 Å². The van der Waals surface area contributed by atoms with E-state index < -0.39 is 0 Å². The molecule has 1 aromatic carbocycles. The molecule has 1 fully saturated rings. The summed E-state index contributed by atoms with van der Waals surface area (Å²) in [4.78, 5) is 0. The highest BCUT2D eigenvalue weighted by Gasteiger charge is 2.28. The molecule has 2 atom stereocenters. The lowest BCUT2D eigenvalue weighted by molar-refractivity contribution is 0.172. The van der Waals surface area contributed by atoms with Crippen LogP contribution in [0.1, 0.15) is 19.3 Å². The van der Waals surface area contributed by atoms with Gasteiger partial charge in [-0.1, -0.05) is 23.2 Å². The third kappa shape index (κ3) is 2.05. The Balaban J connectivity index is 1.98. The fraction of sp³-hybridized carbons (Fsp3) is 0.455. The molecular weight excluding hydrogens is 293 g/mol. The van der Waals surface area contributed by atoms with Crippen LogP contribution in [0.2, 0.25) is 10.0 Å². The number of hydrogen-bond acceptors (Lipinski definition) is 4. The molecule has 1 heterocycles. The lowest BCUT2D eigenvalue weighted by Gasteiger charge is -2.20. The number of hydrogen-bond donors (Lipinski definition) is 2. The van der Waals surface area contributed by atoms with Gasteiger partial charge in [0.1, 0.15) is 11.4 Å². The van der Waals surface area contributed by atoms with E-state index >= 15 is 0 Å². The molecule has 7 heteroatoms. The molecule has 0 amide bonds. The Bertz CT molecular complexity index is 572. The number of fused-ring (bicyclic) bond motifs is 1. The molecule has 3 rings (SSSR count). The maximum Gasteiger partial charge on any atom is 0.130 e. The molecule has 0 bridgehead atoms. The molecular formula is C11H11Cl2N3OS. The summed E-state index contributed by atoms with van der Waals surface area (Å²) in [6.45, 7) is 0. The van der Waals surface area contributed by atoms with E-state index in [1.54, 1.807) is 6.07 Å². The zero-order valence-electron chi connectivity index (χ0n) is 9.36. The monoisotopic (exact) mass is 303 g/mol. The van der Waals surface area contributed by atoms with Crippen molar-refractivity contribution in [2.24, 2.45) is 8.73 Å². The van der Waals surface area contributed by atoms with Crippen molar-refractivity contribution >= 4 is 51.6 Å². The highest BCUT2D eigenvalue weighted by atomic mass is 35.5. The van der Waals surface area contributed by atoms with Crippen LogP contribution >= 0.6 is 23.2 Å². The van der Waals surface area contributed by atoms with Gasteiger partial charge in [-0.3, -0.25) is 0 Å². The number of aliphatic hydroxyl groups excluding tert-OH is 1. The van der Waals surface area contributed by atoms with E-state index in [1.165, 1.54) is 0 Å². The standard InChI is InChI=1S/C11H11Cl2N3OS/c12-5-4-6(13)10-11(16-18-15-10)9(5)14-7-2-1-3-8(7)17/h4,7-8,14,17H,1-3H2/t7-,8-/m0/s1. The van der Waals surface area contributed by atoms with Crippen molar-refractivity contribution in [3.05, 3.63) is 16.1 Å². The van der Waals surface area contributed by atoms with Crippen molar-refractivity contribution in [2.45, 2.75) is 31.4 Å². The van der Waals surface area contributed by atoms with E-state index in [0.29, 0.717) is 21.4 Å². The van der Waals surface area contributed by atoms with Crippen LogP contribution in [0, 0.1) is 0 Å². The van der Waals surface area contributed by atoms with Crippen LogP contribution < -0.4 is 5.32 Å². The van der Waals surface area contributed by atoms with Gasteiger partial charge in [-0.25, -0.2) is 0 Å². The average molecular weight is 304 g/mol. The maximum absolute atomic E-state index is 9.85. The summed E-state index contributed by atoms with van der Waals surface area (Å²) in [6.07, 6.45) is 2.43. The molecule has 0 saturated heterocycles. The smallest absolute Gasteiger partial charge is 0.130 e. The number of benzene rings is 1. The van der Waals surface area contributed by atoms with E-state index in [2.05, 4.69) is 14.0 Å². The summed E-state index contributed by atoms with van der Waals surface area (Å²) in [5, 5.41) is 14.1. The first-order valence-corrected chi connectivity index (χ1v) is 7.20. The quantitative estimate of drug-likeness (QED) is 0.879. The fourth-order valence-electron chi connectivity index (χ4n) is 2.31. The molecule has 96 valence electrons. The minimum absolute atomic E-state index is 0.0218. The number of rotatable bonds is 2. The molecule has 0 unspecified atom stereocenters. The molecule has 0 aromatic heterocycles. The normalized spacial score (nSPS) is 25.1. The minimum atomic E-state index is -0.335. The first-order valence-electron chi connectivity index (χ1n) is 5.71. The first-order chi connectivity index (χ1) is 8.66. The Morgan fingerprint density at radius 2 is 2.00 bits per heavy atom. The number of halogens is 2. The lowest BCUT2D eigenvalue weighted by Crippen LogP contribution is -2.28. The summed E-state index contributed by atoms with van der Waals surface area (Å²) in [7, 11) is 0. The zero-order chi connectivity index (χ0) is 12.7. The molecule has 2 N–H and O–H groups in total. The molecule has 0 spiro atoms. The summed E-state index contributed by atoms with van der Waals surface area (Å²) in [6, 6.07) is 1.69. The van der Waals surface area contributed by atoms with Crippen LogP contribution in [-0.2, 0) is 11.4 Å². The molecule has 1 saturated carbocycles. The third-order valence-corrected chi connectivity index (χ3v) is 4.37. The first kappa shape index (κ1) is 12.4. The molecule has 4 nitrogen and oxygen atoms in total. The maximum atomic E-state index is 9.85. The number of aliphatic hydroxyl groups is 1. The highest BCUT2D eigenvalue weighted by Crippen LogP contribution is 2.48. The second-order valence-corrected chi connectivity index (χ2v) is 5.77. The van der Waals surface area contributed by atoms with Crippen LogP contribution in [0.5, 0.6) is 0 Å². The Morgan fingerprint density at radius 3 is 2.72 bits per heavy atom. The molecule has 1 aliphatic carbocycles. The summed E-state index contributed by atoms with van der Waals surface area (Å²) >= 11 is 13.4. The summed E-state index contributed by atoms with van der Waals surface area (Å²) in [5.74, 6) is 0. The molecule has 0 radical (unpaired) electrons. The topological polar surface area (TPSA) is 57.0 Å². The summed E-state index contributed by atoms with van der Waals surface area (Å²) in [5.41, 5.74) is 2.05. The van der Waals surface area contributed by atoms with Crippen molar-refractivity contribution in [2.75, 3.05) is 5.32 Å².